The van der Waals surface area contributed by atoms with Gasteiger partial charge in [0.15, 0.2) is 0 Å². The lowest BCUT2D eigenvalue weighted by Gasteiger charge is -2.19. The summed E-state index contributed by atoms with van der Waals surface area (Å²) >= 11 is 0. The molecular formula is C15H24N2O7. The Kier molecular flexibility index (Phi) is 7.50. The first-order valence-electron chi connectivity index (χ1n) is 7.59. The van der Waals surface area contributed by atoms with Gasteiger partial charge in [-0.2, -0.15) is 0 Å². The molecule has 1 rings (SSSR count). The number of alkyl carbamates (subject to hydrolysis) is 1. The van der Waals surface area contributed by atoms with Crippen LogP contribution in [0.1, 0.15) is 33.6 Å². The number of amides is 2. The molecule has 0 radical (unpaired) electrons. The molecule has 9 nitrogen and oxygen atoms in total. The van der Waals surface area contributed by atoms with E-state index in [-0.39, 0.29) is 38.7 Å². The predicted molar refractivity (Wildman–Crippen MR) is 82.7 cm³/mol. The van der Waals surface area contributed by atoms with E-state index in [4.69, 9.17) is 19.0 Å². The van der Waals surface area contributed by atoms with Crippen LogP contribution in [0.4, 0.5) is 9.59 Å². The van der Waals surface area contributed by atoms with E-state index in [9.17, 15) is 14.4 Å². The number of rotatable bonds is 7. The molecule has 0 aliphatic carbocycles. The van der Waals surface area contributed by atoms with Crippen LogP contribution in [-0.4, -0.2) is 55.2 Å². The first-order valence-corrected chi connectivity index (χ1v) is 7.59. The van der Waals surface area contributed by atoms with Gasteiger partial charge in [-0.05, 0) is 27.2 Å². The molecule has 0 unspecified atom stereocenters. The monoisotopic (exact) mass is 344 g/mol. The van der Waals surface area contributed by atoms with Crippen LogP contribution in [0, 0.1) is 0 Å². The van der Waals surface area contributed by atoms with Crippen molar-refractivity contribution >= 4 is 18.2 Å². The van der Waals surface area contributed by atoms with Crippen molar-refractivity contribution in [3.05, 3.63) is 12.3 Å². The van der Waals surface area contributed by atoms with Gasteiger partial charge in [0.05, 0.1) is 18.9 Å². The molecule has 0 bridgehead atoms. The van der Waals surface area contributed by atoms with Gasteiger partial charge in [0.25, 0.3) is 5.91 Å². The highest BCUT2D eigenvalue weighted by Crippen LogP contribution is 2.20. The van der Waals surface area contributed by atoms with E-state index in [1.807, 2.05) is 0 Å². The van der Waals surface area contributed by atoms with Gasteiger partial charge < -0.3 is 19.5 Å². The lowest BCUT2D eigenvalue weighted by molar-refractivity contribution is -0.158. The van der Waals surface area contributed by atoms with Crippen LogP contribution in [0.2, 0.25) is 0 Å². The average molecular weight is 344 g/mol. The number of carbonyl (C=O) groups is 3. The molecule has 0 saturated carbocycles. The molecule has 1 fully saturated rings. The predicted octanol–water partition coefficient (Wildman–Crippen LogP) is 1.73. The Morgan fingerprint density at radius 2 is 1.92 bits per heavy atom. The van der Waals surface area contributed by atoms with Crippen molar-refractivity contribution in [2.45, 2.75) is 39.2 Å². The minimum atomic E-state index is -0.998. The molecule has 2 amide bonds. The van der Waals surface area contributed by atoms with Crippen LogP contribution < -0.4 is 5.32 Å². The third kappa shape index (κ3) is 7.82. The van der Waals surface area contributed by atoms with Gasteiger partial charge in [0.2, 0.25) is 0 Å². The van der Waals surface area contributed by atoms with Crippen molar-refractivity contribution in [3.63, 3.8) is 0 Å². The zero-order chi connectivity index (χ0) is 18.2. The summed E-state index contributed by atoms with van der Waals surface area (Å²) < 4.78 is 15.0. The van der Waals surface area contributed by atoms with Crippen LogP contribution in [0.25, 0.3) is 0 Å². The molecule has 0 aromatic rings. The van der Waals surface area contributed by atoms with Crippen molar-refractivity contribution in [2.75, 3.05) is 26.4 Å². The van der Waals surface area contributed by atoms with E-state index >= 15 is 0 Å². The zero-order valence-corrected chi connectivity index (χ0v) is 14.3. The van der Waals surface area contributed by atoms with Crippen molar-refractivity contribution in [1.29, 1.82) is 0 Å². The lowest BCUT2D eigenvalue weighted by atomic mass is 10.2. The van der Waals surface area contributed by atoms with Crippen molar-refractivity contribution in [2.24, 2.45) is 0 Å². The maximum Gasteiger partial charge on any atom is 0.533 e. The fraction of sp³-hybridized carbons (Fsp3) is 0.667. The molecular weight excluding hydrogens is 320 g/mol. The quantitative estimate of drug-likeness (QED) is 0.554. The molecule has 0 aromatic carbocycles. The first kappa shape index (κ1) is 19.8. The highest BCUT2D eigenvalue weighted by molar-refractivity contribution is 5.81. The van der Waals surface area contributed by atoms with E-state index in [0.29, 0.717) is 12.1 Å². The summed E-state index contributed by atoms with van der Waals surface area (Å²) in [4.78, 5) is 38.8. The fourth-order valence-electron chi connectivity index (χ4n) is 1.67. The van der Waals surface area contributed by atoms with Gasteiger partial charge >= 0.3 is 12.2 Å². The highest BCUT2D eigenvalue weighted by atomic mass is 16.8. The summed E-state index contributed by atoms with van der Waals surface area (Å²) in [5.74, 6) is -0.332. The van der Waals surface area contributed by atoms with Crippen LogP contribution in [-0.2, 0) is 23.8 Å². The summed E-state index contributed by atoms with van der Waals surface area (Å²) in [6.45, 7) is 9.50. The number of allylic oxidation sites excluding steroid dienone is 1. The Labute approximate surface area is 140 Å². The fourth-order valence-corrected chi connectivity index (χ4v) is 1.67. The van der Waals surface area contributed by atoms with E-state index in [1.54, 1.807) is 20.8 Å². The number of ether oxygens (including phenoxy) is 3. The Morgan fingerprint density at radius 3 is 2.50 bits per heavy atom. The molecule has 1 aliphatic rings. The highest BCUT2D eigenvalue weighted by Gasteiger charge is 2.28. The zero-order valence-electron chi connectivity index (χ0n) is 14.3. The average Bonchev–Trinajstić information content (AvgIpc) is 2.76. The lowest BCUT2D eigenvalue weighted by Crippen LogP contribution is -2.34. The van der Waals surface area contributed by atoms with E-state index < -0.39 is 17.8 Å². The number of hydroxylamine groups is 2. The smallest absolute Gasteiger partial charge is 0.444 e. The number of hydrogen-bond donors (Lipinski definition) is 1. The molecule has 0 atom stereocenters. The van der Waals surface area contributed by atoms with Gasteiger partial charge in [-0.15, -0.1) is 5.06 Å². The largest absolute Gasteiger partial charge is 0.533 e. The molecule has 1 heterocycles. The Hall–Kier alpha value is -2.29. The van der Waals surface area contributed by atoms with E-state index in [2.05, 4.69) is 11.9 Å². The molecule has 9 heteroatoms. The summed E-state index contributed by atoms with van der Waals surface area (Å²) in [5.41, 5.74) is -0.136. The van der Waals surface area contributed by atoms with Gasteiger partial charge in [0.1, 0.15) is 12.2 Å². The number of hydrogen-bond acceptors (Lipinski definition) is 7. The summed E-state index contributed by atoms with van der Waals surface area (Å²) in [6, 6.07) is 0. The molecule has 1 saturated heterocycles. The maximum absolute atomic E-state index is 11.4. The second-order valence-corrected chi connectivity index (χ2v) is 5.99. The molecule has 136 valence electrons. The number of nitrogens with zero attached hydrogens (tertiary/aromatic N) is 1. The number of nitrogens with one attached hydrogen (secondary N) is 1. The minimum Gasteiger partial charge on any atom is -0.444 e. The molecule has 24 heavy (non-hydrogen) atoms. The summed E-state index contributed by atoms with van der Waals surface area (Å²) in [7, 11) is 0. The van der Waals surface area contributed by atoms with E-state index in [1.165, 1.54) is 0 Å². The van der Waals surface area contributed by atoms with Crippen molar-refractivity contribution in [3.8, 4) is 0 Å². The number of carbonyl (C=O) groups excluding carboxylic acids is 3. The molecule has 1 N–H and O–H groups in total. The second-order valence-electron chi connectivity index (χ2n) is 5.99. The summed E-state index contributed by atoms with van der Waals surface area (Å²) in [5, 5.41) is 3.37. The normalized spacial score (nSPS) is 14.5. The van der Waals surface area contributed by atoms with Crippen LogP contribution >= 0.6 is 0 Å². The van der Waals surface area contributed by atoms with Crippen molar-refractivity contribution in [1.82, 2.24) is 10.4 Å². The molecule has 1 aliphatic heterocycles. The van der Waals surface area contributed by atoms with Crippen LogP contribution in [0.3, 0.4) is 0 Å². The third-order valence-electron chi connectivity index (χ3n) is 2.67. The van der Waals surface area contributed by atoms with Crippen molar-refractivity contribution < 1.29 is 33.4 Å². The van der Waals surface area contributed by atoms with E-state index in [0.717, 1.165) is 5.06 Å². The van der Waals surface area contributed by atoms with Gasteiger partial charge in [-0.1, -0.05) is 6.58 Å². The van der Waals surface area contributed by atoms with Gasteiger partial charge in [-0.25, -0.2) is 9.59 Å². The second kappa shape index (κ2) is 9.11. The first-order chi connectivity index (χ1) is 11.2. The molecule has 0 aromatic heterocycles. The summed E-state index contributed by atoms with van der Waals surface area (Å²) in [6.07, 6.45) is -0.803. The standard InChI is InChI=1S/C15H24N2O7/c1-11-5-6-12(18)17(11)24-14(20)22-10-9-21-8-7-16-13(19)23-15(2,3)4/h1,5-10H2,2-4H3,(H,16,19). The maximum atomic E-state index is 11.4. The Bertz CT molecular complexity index is 469. The van der Waals surface area contributed by atoms with Crippen LogP contribution in [0.5, 0.6) is 0 Å². The molecule has 0 spiro atoms. The van der Waals surface area contributed by atoms with Gasteiger partial charge in [0, 0.05) is 13.0 Å². The SMILES string of the molecule is C=C1CCC(=O)N1OC(=O)OCCOCCNC(=O)OC(C)(C)C. The Morgan fingerprint density at radius 1 is 1.21 bits per heavy atom. The Balaban J connectivity index is 2.02. The van der Waals surface area contributed by atoms with Gasteiger partial charge in [-0.3, -0.25) is 9.63 Å². The van der Waals surface area contributed by atoms with Crippen LogP contribution in [0.15, 0.2) is 12.3 Å². The third-order valence-corrected chi connectivity index (χ3v) is 2.67. The topological polar surface area (TPSA) is 103 Å². The minimum absolute atomic E-state index is 0.0419.